The Hall–Kier alpha value is -0.700. The summed E-state index contributed by atoms with van der Waals surface area (Å²) in [7, 11) is 1.42. The summed E-state index contributed by atoms with van der Waals surface area (Å²) >= 11 is 1.84. The zero-order valence-corrected chi connectivity index (χ0v) is 10.8. The van der Waals surface area contributed by atoms with Gasteiger partial charge in [0.2, 0.25) is 0 Å². The van der Waals surface area contributed by atoms with Crippen LogP contribution in [0.25, 0.3) is 0 Å². The van der Waals surface area contributed by atoms with Crippen molar-refractivity contribution in [1.29, 1.82) is 0 Å². The minimum Gasteiger partial charge on any atom is -0.497 e. The number of benzene rings is 1. The number of hydrogen-bond acceptors (Lipinski definition) is 3. The number of fused-ring (bicyclic) bond motifs is 1. The van der Waals surface area contributed by atoms with Crippen molar-refractivity contribution in [3.05, 3.63) is 21.3 Å². The topological polar surface area (TPSA) is 38.7 Å². The van der Waals surface area contributed by atoms with E-state index < -0.39 is 18.4 Å². The predicted molar refractivity (Wildman–Crippen MR) is 61.0 cm³/mol. The maximum atomic E-state index is 12.6. The molecule has 1 aromatic carbocycles. The molecule has 0 spiro atoms. The summed E-state index contributed by atoms with van der Waals surface area (Å²) in [6, 6.07) is 2.97. The Labute approximate surface area is 109 Å². The molecule has 1 unspecified atom stereocenters. The van der Waals surface area contributed by atoms with Crippen LogP contribution in [0.1, 0.15) is 5.56 Å². The van der Waals surface area contributed by atoms with Crippen molar-refractivity contribution in [3.8, 4) is 11.5 Å². The molecule has 1 N–H and O–H groups in total. The van der Waals surface area contributed by atoms with E-state index in [0.717, 1.165) is 0 Å². The molecule has 3 nitrogen and oxygen atoms in total. The van der Waals surface area contributed by atoms with Crippen molar-refractivity contribution in [1.82, 2.24) is 0 Å². The van der Waals surface area contributed by atoms with E-state index >= 15 is 0 Å². The Morgan fingerprint density at radius 2 is 2.12 bits per heavy atom. The molecule has 0 saturated carbocycles. The summed E-state index contributed by atoms with van der Waals surface area (Å²) < 4.78 is 47.9. The summed E-state index contributed by atoms with van der Waals surface area (Å²) in [6.45, 7) is 0. The van der Waals surface area contributed by atoms with Gasteiger partial charge in [0.05, 0.1) is 17.1 Å². The zero-order valence-electron chi connectivity index (χ0n) is 8.64. The second kappa shape index (κ2) is 3.91. The summed E-state index contributed by atoms with van der Waals surface area (Å²) in [6.07, 6.45) is -5.46. The van der Waals surface area contributed by atoms with Crippen LogP contribution >= 0.6 is 22.6 Å². The van der Waals surface area contributed by atoms with Gasteiger partial charge in [0.25, 0.3) is 0 Å². The minimum atomic E-state index is -4.83. The monoisotopic (exact) mass is 360 g/mol. The summed E-state index contributed by atoms with van der Waals surface area (Å²) in [4.78, 5) is 0. The molecular weight excluding hydrogens is 352 g/mol. The number of hydrogen-bond donors (Lipinski definition) is 1. The maximum absolute atomic E-state index is 12.6. The van der Waals surface area contributed by atoms with Gasteiger partial charge in [0, 0.05) is 5.56 Å². The van der Waals surface area contributed by atoms with Crippen molar-refractivity contribution >= 4 is 22.6 Å². The quantitative estimate of drug-likeness (QED) is 0.783. The van der Waals surface area contributed by atoms with Gasteiger partial charge in [-0.1, -0.05) is 0 Å². The van der Waals surface area contributed by atoms with Crippen LogP contribution in [-0.4, -0.2) is 24.2 Å². The number of rotatable bonds is 1. The van der Waals surface area contributed by atoms with Gasteiger partial charge in [0.15, 0.2) is 0 Å². The highest BCUT2D eigenvalue weighted by atomic mass is 127. The molecule has 94 valence electrons. The molecule has 0 bridgehead atoms. The molecule has 0 saturated heterocycles. The lowest BCUT2D eigenvalue weighted by atomic mass is 10.1. The molecule has 17 heavy (non-hydrogen) atoms. The van der Waals surface area contributed by atoms with Gasteiger partial charge in [-0.15, -0.1) is 0 Å². The van der Waals surface area contributed by atoms with Crippen LogP contribution in [-0.2, 0) is 6.42 Å². The third kappa shape index (κ3) is 2.05. The van der Waals surface area contributed by atoms with Crippen molar-refractivity contribution < 1.29 is 27.8 Å². The highest BCUT2D eigenvalue weighted by molar-refractivity contribution is 14.1. The molecule has 1 atom stereocenters. The Balaban J connectivity index is 2.43. The van der Waals surface area contributed by atoms with Crippen molar-refractivity contribution in [2.75, 3.05) is 7.11 Å². The molecule has 0 aromatic heterocycles. The van der Waals surface area contributed by atoms with Gasteiger partial charge < -0.3 is 14.6 Å². The first-order chi connectivity index (χ1) is 7.77. The highest BCUT2D eigenvalue weighted by Crippen LogP contribution is 2.46. The van der Waals surface area contributed by atoms with Gasteiger partial charge in [-0.2, -0.15) is 13.2 Å². The molecule has 1 aromatic rings. The lowest BCUT2D eigenvalue weighted by Crippen LogP contribution is -2.49. The Morgan fingerprint density at radius 1 is 1.47 bits per heavy atom. The van der Waals surface area contributed by atoms with Gasteiger partial charge in [-0.25, -0.2) is 0 Å². The molecule has 2 rings (SSSR count). The standard InChI is InChI=1S/C10H8F3IO3/c1-16-6-2-5-4-9(15,10(11,12)13)17-8(5)7(14)3-6/h2-3,15H,4H2,1H3. The van der Waals surface area contributed by atoms with E-state index in [1.54, 1.807) is 6.07 Å². The average molecular weight is 360 g/mol. The van der Waals surface area contributed by atoms with Gasteiger partial charge in [-0.3, -0.25) is 0 Å². The van der Waals surface area contributed by atoms with Crippen LogP contribution in [0.2, 0.25) is 0 Å². The maximum Gasteiger partial charge on any atom is 0.455 e. The first-order valence-electron chi connectivity index (χ1n) is 4.61. The van der Waals surface area contributed by atoms with Gasteiger partial charge >= 0.3 is 12.0 Å². The molecular formula is C10H8F3IO3. The molecule has 1 aliphatic rings. The largest absolute Gasteiger partial charge is 0.497 e. The molecule has 0 radical (unpaired) electrons. The Bertz CT molecular complexity index is 461. The van der Waals surface area contributed by atoms with Crippen molar-refractivity contribution in [3.63, 3.8) is 0 Å². The molecule has 0 amide bonds. The first kappa shape index (κ1) is 12.7. The molecule has 0 fully saturated rings. The number of methoxy groups -OCH3 is 1. The number of halogens is 4. The smallest absolute Gasteiger partial charge is 0.455 e. The van der Waals surface area contributed by atoms with Crippen LogP contribution in [0, 0.1) is 3.57 Å². The van der Waals surface area contributed by atoms with Gasteiger partial charge in [0.1, 0.15) is 11.5 Å². The van der Waals surface area contributed by atoms with Crippen LogP contribution in [0.3, 0.4) is 0 Å². The fourth-order valence-corrected chi connectivity index (χ4v) is 2.37. The lowest BCUT2D eigenvalue weighted by Gasteiger charge is -2.24. The van der Waals surface area contributed by atoms with Crippen LogP contribution in [0.15, 0.2) is 12.1 Å². The lowest BCUT2D eigenvalue weighted by molar-refractivity contribution is -0.327. The first-order valence-corrected chi connectivity index (χ1v) is 5.69. The van der Waals surface area contributed by atoms with E-state index in [4.69, 9.17) is 4.74 Å². The van der Waals surface area contributed by atoms with Gasteiger partial charge in [-0.05, 0) is 34.7 Å². The van der Waals surface area contributed by atoms with Crippen LogP contribution in [0.5, 0.6) is 11.5 Å². The molecule has 0 aliphatic carbocycles. The Morgan fingerprint density at radius 3 is 2.65 bits per heavy atom. The Kier molecular flexibility index (Phi) is 2.93. The number of ether oxygens (including phenoxy) is 2. The van der Waals surface area contributed by atoms with E-state index in [1.807, 2.05) is 22.6 Å². The third-order valence-electron chi connectivity index (χ3n) is 2.47. The summed E-state index contributed by atoms with van der Waals surface area (Å²) in [5.41, 5.74) is 0.286. The van der Waals surface area contributed by atoms with Crippen molar-refractivity contribution in [2.45, 2.75) is 18.4 Å². The van der Waals surface area contributed by atoms with E-state index in [2.05, 4.69) is 4.74 Å². The van der Waals surface area contributed by atoms with Crippen LogP contribution in [0.4, 0.5) is 13.2 Å². The fourth-order valence-electron chi connectivity index (χ4n) is 1.61. The van der Waals surface area contributed by atoms with Crippen LogP contribution < -0.4 is 9.47 Å². The van der Waals surface area contributed by atoms with E-state index in [-0.39, 0.29) is 11.3 Å². The number of aliphatic hydroxyl groups is 1. The predicted octanol–water partition coefficient (Wildman–Crippen LogP) is 2.49. The molecule has 1 heterocycles. The average Bonchev–Trinajstić information content (AvgIpc) is 2.55. The van der Waals surface area contributed by atoms with E-state index in [0.29, 0.717) is 9.32 Å². The normalized spacial score (nSPS) is 23.2. The third-order valence-corrected chi connectivity index (χ3v) is 3.27. The number of alkyl halides is 3. The highest BCUT2D eigenvalue weighted by Gasteiger charge is 2.60. The second-order valence-electron chi connectivity index (χ2n) is 3.66. The second-order valence-corrected chi connectivity index (χ2v) is 4.82. The molecule has 1 aliphatic heterocycles. The van der Waals surface area contributed by atoms with E-state index in [1.165, 1.54) is 13.2 Å². The summed E-state index contributed by atoms with van der Waals surface area (Å²) in [5, 5.41) is 9.45. The van der Waals surface area contributed by atoms with Crippen molar-refractivity contribution in [2.24, 2.45) is 0 Å². The summed E-state index contributed by atoms with van der Waals surface area (Å²) in [5.74, 6) is -2.64. The van der Waals surface area contributed by atoms with E-state index in [9.17, 15) is 18.3 Å². The molecule has 7 heteroatoms. The minimum absolute atomic E-state index is 0.0613. The zero-order chi connectivity index (χ0) is 12.8. The fraction of sp³-hybridized carbons (Fsp3) is 0.400. The SMILES string of the molecule is COc1cc(I)c2c(c1)CC(O)(C(F)(F)F)O2.